The summed E-state index contributed by atoms with van der Waals surface area (Å²) in [7, 11) is 0. The van der Waals surface area contributed by atoms with Crippen molar-refractivity contribution in [1.82, 2.24) is 0 Å². The van der Waals surface area contributed by atoms with Crippen LogP contribution in [0.1, 0.15) is 13.3 Å². The Morgan fingerprint density at radius 1 is 1.11 bits per heavy atom. The van der Waals surface area contributed by atoms with Gasteiger partial charge in [-0.25, -0.2) is 0 Å². The summed E-state index contributed by atoms with van der Waals surface area (Å²) in [6, 6.07) is 15.6. The fraction of sp³-hybridized carbons (Fsp3) is 0.188. The van der Waals surface area contributed by atoms with Gasteiger partial charge in [0.1, 0.15) is 12.4 Å². The fourth-order valence-corrected chi connectivity index (χ4v) is 1.92. The van der Waals surface area contributed by atoms with Crippen molar-refractivity contribution >= 4 is 17.4 Å². The number of carbonyl (C=O) groups is 1. The van der Waals surface area contributed by atoms with Crippen molar-refractivity contribution in [3.8, 4) is 16.9 Å². The first-order chi connectivity index (χ1) is 9.20. The minimum atomic E-state index is 0.0585. The second-order valence-electron chi connectivity index (χ2n) is 4.19. The molecule has 2 aromatic rings. The molecule has 0 aliphatic heterocycles. The van der Waals surface area contributed by atoms with Gasteiger partial charge in [0.05, 0.1) is 5.02 Å². The number of halogens is 1. The molecule has 0 aliphatic carbocycles. The van der Waals surface area contributed by atoms with E-state index in [4.69, 9.17) is 16.3 Å². The molecule has 19 heavy (non-hydrogen) atoms. The van der Waals surface area contributed by atoms with Gasteiger partial charge >= 0.3 is 0 Å². The Balaban J connectivity index is 2.16. The minimum absolute atomic E-state index is 0.0585. The summed E-state index contributed by atoms with van der Waals surface area (Å²) in [6.45, 7) is 1.88. The Kier molecular flexibility index (Phi) is 4.58. The van der Waals surface area contributed by atoms with E-state index in [1.165, 1.54) is 0 Å². The Bertz CT molecular complexity index is 564. The molecule has 0 atom stereocenters. The average Bonchev–Trinajstić information content (AvgIpc) is 2.46. The van der Waals surface area contributed by atoms with Crippen LogP contribution in [-0.4, -0.2) is 12.4 Å². The highest BCUT2D eigenvalue weighted by atomic mass is 35.5. The SMILES string of the molecule is CCC(=O)COc1ccc(-c2ccccc2)cc1Cl. The number of rotatable bonds is 5. The summed E-state index contributed by atoms with van der Waals surface area (Å²) < 4.78 is 5.40. The Morgan fingerprint density at radius 2 is 1.84 bits per heavy atom. The van der Waals surface area contributed by atoms with E-state index in [0.717, 1.165) is 11.1 Å². The summed E-state index contributed by atoms with van der Waals surface area (Å²) >= 11 is 6.17. The molecule has 0 aromatic heterocycles. The largest absolute Gasteiger partial charge is 0.484 e. The summed E-state index contributed by atoms with van der Waals surface area (Å²) in [5, 5.41) is 0.519. The minimum Gasteiger partial charge on any atom is -0.484 e. The van der Waals surface area contributed by atoms with Gasteiger partial charge in [-0.05, 0) is 23.3 Å². The molecule has 0 saturated carbocycles. The van der Waals surface area contributed by atoms with Gasteiger partial charge in [0.2, 0.25) is 0 Å². The lowest BCUT2D eigenvalue weighted by Crippen LogP contribution is -2.09. The smallest absolute Gasteiger partial charge is 0.169 e. The van der Waals surface area contributed by atoms with Crippen LogP contribution in [-0.2, 0) is 4.79 Å². The molecule has 0 unspecified atom stereocenters. The maximum absolute atomic E-state index is 11.2. The van der Waals surface area contributed by atoms with Gasteiger partial charge in [0, 0.05) is 6.42 Å². The van der Waals surface area contributed by atoms with Crippen molar-refractivity contribution in [3.05, 3.63) is 53.6 Å². The first-order valence-electron chi connectivity index (χ1n) is 6.20. The van der Waals surface area contributed by atoms with Gasteiger partial charge < -0.3 is 4.74 Å². The molecule has 0 aliphatic rings. The molecule has 0 amide bonds. The maximum Gasteiger partial charge on any atom is 0.169 e. The van der Waals surface area contributed by atoms with Crippen molar-refractivity contribution in [1.29, 1.82) is 0 Å². The summed E-state index contributed by atoms with van der Waals surface area (Å²) in [5.41, 5.74) is 2.13. The highest BCUT2D eigenvalue weighted by molar-refractivity contribution is 6.32. The van der Waals surface area contributed by atoms with Gasteiger partial charge in [-0.3, -0.25) is 4.79 Å². The van der Waals surface area contributed by atoms with Crippen molar-refractivity contribution < 1.29 is 9.53 Å². The zero-order chi connectivity index (χ0) is 13.7. The van der Waals surface area contributed by atoms with E-state index < -0.39 is 0 Å². The molecule has 2 aromatic carbocycles. The molecule has 2 nitrogen and oxygen atoms in total. The lowest BCUT2D eigenvalue weighted by Gasteiger charge is -2.09. The number of benzene rings is 2. The third kappa shape index (κ3) is 3.58. The van der Waals surface area contributed by atoms with Crippen LogP contribution < -0.4 is 4.74 Å². The van der Waals surface area contributed by atoms with Crippen molar-refractivity contribution in [2.24, 2.45) is 0 Å². The van der Waals surface area contributed by atoms with Crippen LogP contribution in [0.15, 0.2) is 48.5 Å². The van der Waals surface area contributed by atoms with Gasteiger partial charge in [-0.1, -0.05) is 54.9 Å². The highest BCUT2D eigenvalue weighted by Gasteiger charge is 2.06. The van der Waals surface area contributed by atoms with Gasteiger partial charge in [0.15, 0.2) is 5.78 Å². The summed E-state index contributed by atoms with van der Waals surface area (Å²) in [5.74, 6) is 0.603. The third-order valence-electron chi connectivity index (χ3n) is 2.82. The monoisotopic (exact) mass is 274 g/mol. The fourth-order valence-electron chi connectivity index (χ4n) is 1.69. The van der Waals surface area contributed by atoms with Crippen LogP contribution in [0, 0.1) is 0 Å². The van der Waals surface area contributed by atoms with E-state index in [1.807, 2.05) is 49.4 Å². The quantitative estimate of drug-likeness (QED) is 0.809. The zero-order valence-electron chi connectivity index (χ0n) is 10.7. The van der Waals surface area contributed by atoms with Crippen LogP contribution in [0.4, 0.5) is 0 Å². The molecule has 0 spiro atoms. The molecular weight excluding hydrogens is 260 g/mol. The van der Waals surface area contributed by atoms with E-state index >= 15 is 0 Å². The first-order valence-corrected chi connectivity index (χ1v) is 6.58. The molecule has 98 valence electrons. The van der Waals surface area contributed by atoms with Crippen LogP contribution in [0.3, 0.4) is 0 Å². The molecule has 0 saturated heterocycles. The Labute approximate surface area is 118 Å². The van der Waals surface area contributed by atoms with Gasteiger partial charge in [0.25, 0.3) is 0 Å². The lowest BCUT2D eigenvalue weighted by atomic mass is 10.1. The number of carbonyl (C=O) groups excluding carboxylic acids is 1. The number of ether oxygens (including phenoxy) is 1. The Morgan fingerprint density at radius 3 is 2.47 bits per heavy atom. The van der Waals surface area contributed by atoms with Gasteiger partial charge in [-0.2, -0.15) is 0 Å². The normalized spacial score (nSPS) is 10.2. The topological polar surface area (TPSA) is 26.3 Å². The Hall–Kier alpha value is -1.80. The summed E-state index contributed by atoms with van der Waals surface area (Å²) in [4.78, 5) is 11.2. The van der Waals surface area contributed by atoms with Crippen LogP contribution >= 0.6 is 11.6 Å². The van der Waals surface area contributed by atoms with E-state index in [1.54, 1.807) is 6.07 Å². The third-order valence-corrected chi connectivity index (χ3v) is 3.12. The number of Topliss-reactive ketones (excluding diaryl/α,β-unsaturated/α-hetero) is 1. The van der Waals surface area contributed by atoms with Crippen LogP contribution in [0.25, 0.3) is 11.1 Å². The molecule has 0 heterocycles. The highest BCUT2D eigenvalue weighted by Crippen LogP contribution is 2.30. The molecule has 3 heteroatoms. The summed E-state index contributed by atoms with van der Waals surface area (Å²) in [6.07, 6.45) is 0.472. The van der Waals surface area contributed by atoms with Crippen LogP contribution in [0.5, 0.6) is 5.75 Å². The standard InChI is InChI=1S/C16H15ClO2/c1-2-14(18)11-19-16-9-8-13(10-15(16)17)12-6-4-3-5-7-12/h3-10H,2,11H2,1H3. The number of hydrogen-bond acceptors (Lipinski definition) is 2. The molecule has 0 N–H and O–H groups in total. The first kappa shape index (κ1) is 13.6. The maximum atomic E-state index is 11.2. The molecule has 2 rings (SSSR count). The van der Waals surface area contributed by atoms with Crippen molar-refractivity contribution in [3.63, 3.8) is 0 Å². The molecule has 0 bridgehead atoms. The van der Waals surface area contributed by atoms with E-state index in [0.29, 0.717) is 17.2 Å². The van der Waals surface area contributed by atoms with E-state index in [9.17, 15) is 4.79 Å². The van der Waals surface area contributed by atoms with Crippen molar-refractivity contribution in [2.45, 2.75) is 13.3 Å². The lowest BCUT2D eigenvalue weighted by molar-refractivity contribution is -0.120. The second-order valence-corrected chi connectivity index (χ2v) is 4.60. The predicted molar refractivity (Wildman–Crippen MR) is 77.7 cm³/mol. The second kappa shape index (κ2) is 6.39. The van der Waals surface area contributed by atoms with E-state index in [2.05, 4.69) is 0 Å². The van der Waals surface area contributed by atoms with Crippen LogP contribution in [0.2, 0.25) is 5.02 Å². The average molecular weight is 275 g/mol. The zero-order valence-corrected chi connectivity index (χ0v) is 11.5. The molecule has 0 fully saturated rings. The predicted octanol–water partition coefficient (Wildman–Crippen LogP) is 4.36. The van der Waals surface area contributed by atoms with Gasteiger partial charge in [-0.15, -0.1) is 0 Å². The van der Waals surface area contributed by atoms with Crippen molar-refractivity contribution in [2.75, 3.05) is 6.61 Å². The molecule has 0 radical (unpaired) electrons. The number of ketones is 1. The number of hydrogen-bond donors (Lipinski definition) is 0. The van der Waals surface area contributed by atoms with E-state index in [-0.39, 0.29) is 12.4 Å². The molecular formula is C16H15ClO2.